The molecule has 0 amide bonds. The standard InChI is InChI=1S/C10H16N4O4/c1-10(2,14(16)17)7-18-8-13-5-4-12(3)9(13)6-11-15/h4-6H,7-8H2,1-3H3/p+1. The summed E-state index contributed by atoms with van der Waals surface area (Å²) in [4.78, 5) is 10.3. The minimum Gasteiger partial charge on any atom is -0.411 e. The van der Waals surface area contributed by atoms with Crippen LogP contribution in [0.15, 0.2) is 17.5 Å². The smallest absolute Gasteiger partial charge is 0.305 e. The predicted molar refractivity (Wildman–Crippen MR) is 62.0 cm³/mol. The maximum absolute atomic E-state index is 10.7. The number of aromatic nitrogens is 2. The number of nitro groups is 1. The molecule has 1 N–H and O–H groups in total. The van der Waals surface area contributed by atoms with Gasteiger partial charge in [-0.3, -0.25) is 10.1 Å². The Hall–Kier alpha value is -1.96. The number of oxime groups is 1. The third-order valence-electron chi connectivity index (χ3n) is 2.48. The summed E-state index contributed by atoms with van der Waals surface area (Å²) in [6.45, 7) is 3.15. The quantitative estimate of drug-likeness (QED) is 0.258. The normalized spacial score (nSPS) is 12.2. The average Bonchev–Trinajstić information content (AvgIpc) is 2.61. The van der Waals surface area contributed by atoms with Crippen molar-refractivity contribution in [1.82, 2.24) is 4.57 Å². The summed E-state index contributed by atoms with van der Waals surface area (Å²) in [7, 11) is 1.79. The maximum Gasteiger partial charge on any atom is 0.305 e. The summed E-state index contributed by atoms with van der Waals surface area (Å²) in [5, 5.41) is 22.2. The van der Waals surface area contributed by atoms with E-state index in [-0.39, 0.29) is 18.3 Å². The number of aryl methyl sites for hydroxylation is 1. The second-order valence-corrected chi connectivity index (χ2v) is 4.53. The number of ether oxygens (including phenoxy) is 1. The molecule has 0 aromatic carbocycles. The highest BCUT2D eigenvalue weighted by Crippen LogP contribution is 2.08. The van der Waals surface area contributed by atoms with Gasteiger partial charge in [0.2, 0.25) is 5.54 Å². The van der Waals surface area contributed by atoms with Crippen molar-refractivity contribution in [3.05, 3.63) is 28.3 Å². The summed E-state index contributed by atoms with van der Waals surface area (Å²) in [6.07, 6.45) is 4.76. The number of imidazole rings is 1. The van der Waals surface area contributed by atoms with Crippen LogP contribution >= 0.6 is 0 Å². The second-order valence-electron chi connectivity index (χ2n) is 4.53. The van der Waals surface area contributed by atoms with Gasteiger partial charge in [-0.05, 0) is 0 Å². The van der Waals surface area contributed by atoms with Crippen molar-refractivity contribution in [3.8, 4) is 0 Å². The fraction of sp³-hybridized carbons (Fsp3) is 0.600. The second kappa shape index (κ2) is 5.58. The first-order valence-electron chi connectivity index (χ1n) is 5.33. The van der Waals surface area contributed by atoms with Crippen LogP contribution in [-0.4, -0.2) is 33.1 Å². The molecule has 1 rings (SSSR count). The Kier molecular flexibility index (Phi) is 4.38. The van der Waals surface area contributed by atoms with Crippen LogP contribution in [-0.2, 0) is 18.5 Å². The molecular formula is C10H17N4O4+. The van der Waals surface area contributed by atoms with Crippen molar-refractivity contribution >= 4 is 6.21 Å². The van der Waals surface area contributed by atoms with Gasteiger partial charge in [-0.1, -0.05) is 5.16 Å². The van der Waals surface area contributed by atoms with Crippen LogP contribution in [0.3, 0.4) is 0 Å². The highest BCUT2D eigenvalue weighted by atomic mass is 16.6. The van der Waals surface area contributed by atoms with Crippen molar-refractivity contribution < 1.29 is 19.4 Å². The first-order chi connectivity index (χ1) is 8.38. The molecule has 18 heavy (non-hydrogen) atoms. The van der Waals surface area contributed by atoms with E-state index in [9.17, 15) is 10.1 Å². The van der Waals surface area contributed by atoms with Gasteiger partial charge in [0.25, 0.3) is 0 Å². The third kappa shape index (κ3) is 3.27. The summed E-state index contributed by atoms with van der Waals surface area (Å²) < 4.78 is 8.72. The molecule has 100 valence electrons. The first-order valence-corrected chi connectivity index (χ1v) is 5.33. The Morgan fingerprint density at radius 2 is 2.39 bits per heavy atom. The molecule has 0 unspecified atom stereocenters. The van der Waals surface area contributed by atoms with Crippen molar-refractivity contribution in [2.45, 2.75) is 26.1 Å². The molecule has 0 atom stereocenters. The molecule has 1 aromatic rings. The number of hydrogen-bond donors (Lipinski definition) is 1. The number of hydrogen-bond acceptors (Lipinski definition) is 5. The van der Waals surface area contributed by atoms with Gasteiger partial charge < -0.3 is 9.94 Å². The summed E-state index contributed by atoms with van der Waals surface area (Å²) in [5.41, 5.74) is -1.12. The number of nitrogens with zero attached hydrogens (tertiary/aromatic N) is 4. The molecule has 0 bridgehead atoms. The van der Waals surface area contributed by atoms with Crippen LogP contribution in [0.2, 0.25) is 0 Å². The van der Waals surface area contributed by atoms with E-state index in [1.807, 2.05) is 0 Å². The van der Waals surface area contributed by atoms with Gasteiger partial charge in [0.05, 0.1) is 7.05 Å². The molecule has 0 radical (unpaired) electrons. The average molecular weight is 257 g/mol. The monoisotopic (exact) mass is 257 g/mol. The molecule has 8 nitrogen and oxygen atoms in total. The predicted octanol–water partition coefficient (Wildman–Crippen LogP) is 0.150. The Labute approximate surface area is 104 Å². The summed E-state index contributed by atoms with van der Waals surface area (Å²) in [6, 6.07) is 0. The molecule has 0 aliphatic heterocycles. The zero-order chi connectivity index (χ0) is 13.8. The minimum absolute atomic E-state index is 0.00238. The SMILES string of the molecule is C[n+]1ccn(COCC(C)(C)[N+](=O)[O-])c1/C=N/O. The lowest BCUT2D eigenvalue weighted by Gasteiger charge is -2.14. The highest BCUT2D eigenvalue weighted by molar-refractivity contribution is 5.72. The van der Waals surface area contributed by atoms with Crippen molar-refractivity contribution in [3.63, 3.8) is 0 Å². The van der Waals surface area contributed by atoms with Crippen LogP contribution in [0, 0.1) is 10.1 Å². The zero-order valence-electron chi connectivity index (χ0n) is 10.6. The van der Waals surface area contributed by atoms with Gasteiger partial charge in [0.1, 0.15) is 19.0 Å². The Balaban J connectivity index is 2.62. The van der Waals surface area contributed by atoms with Gasteiger partial charge in [-0.15, -0.1) is 0 Å². The van der Waals surface area contributed by atoms with E-state index < -0.39 is 5.54 Å². The molecule has 0 aliphatic rings. The van der Waals surface area contributed by atoms with Crippen LogP contribution in [0.4, 0.5) is 0 Å². The third-order valence-corrected chi connectivity index (χ3v) is 2.48. The van der Waals surface area contributed by atoms with Crippen molar-refractivity contribution in [2.75, 3.05) is 6.61 Å². The molecule has 0 saturated carbocycles. The fourth-order valence-electron chi connectivity index (χ4n) is 1.31. The Morgan fingerprint density at radius 1 is 1.72 bits per heavy atom. The largest absolute Gasteiger partial charge is 0.411 e. The van der Waals surface area contributed by atoms with Crippen LogP contribution in [0.5, 0.6) is 0 Å². The fourth-order valence-corrected chi connectivity index (χ4v) is 1.31. The Bertz CT molecular complexity index is 453. The molecule has 1 heterocycles. The van der Waals surface area contributed by atoms with Gasteiger partial charge in [-0.25, -0.2) is 9.13 Å². The first kappa shape index (κ1) is 14.1. The van der Waals surface area contributed by atoms with Gasteiger partial charge in [0.15, 0.2) is 12.9 Å². The summed E-state index contributed by atoms with van der Waals surface area (Å²) >= 11 is 0. The molecule has 8 heteroatoms. The van der Waals surface area contributed by atoms with E-state index in [0.29, 0.717) is 5.82 Å². The molecule has 0 aliphatic carbocycles. The lowest BCUT2D eigenvalue weighted by molar-refractivity contribution is -0.672. The Morgan fingerprint density at radius 3 is 2.94 bits per heavy atom. The molecule has 0 saturated heterocycles. The van der Waals surface area contributed by atoms with Crippen LogP contribution < -0.4 is 4.57 Å². The molecule has 0 fully saturated rings. The van der Waals surface area contributed by atoms with E-state index in [1.54, 1.807) is 28.6 Å². The molecule has 1 aromatic heterocycles. The van der Waals surface area contributed by atoms with E-state index in [2.05, 4.69) is 5.16 Å². The van der Waals surface area contributed by atoms with E-state index in [4.69, 9.17) is 9.94 Å². The molecular weight excluding hydrogens is 240 g/mol. The number of rotatable bonds is 6. The molecule has 0 spiro atoms. The van der Waals surface area contributed by atoms with E-state index in [1.165, 1.54) is 20.1 Å². The van der Waals surface area contributed by atoms with Crippen molar-refractivity contribution in [1.29, 1.82) is 0 Å². The van der Waals surface area contributed by atoms with Crippen molar-refractivity contribution in [2.24, 2.45) is 12.2 Å². The highest BCUT2D eigenvalue weighted by Gasteiger charge is 2.31. The van der Waals surface area contributed by atoms with Crippen LogP contribution in [0.25, 0.3) is 0 Å². The topological polar surface area (TPSA) is 93.8 Å². The maximum atomic E-state index is 10.7. The lowest BCUT2D eigenvalue weighted by atomic mass is 10.1. The van der Waals surface area contributed by atoms with E-state index in [0.717, 1.165) is 0 Å². The van der Waals surface area contributed by atoms with E-state index >= 15 is 0 Å². The van der Waals surface area contributed by atoms with Gasteiger partial charge in [-0.2, -0.15) is 0 Å². The minimum atomic E-state index is -1.12. The van der Waals surface area contributed by atoms with Gasteiger partial charge >= 0.3 is 5.82 Å². The van der Waals surface area contributed by atoms with Crippen LogP contribution in [0.1, 0.15) is 19.7 Å². The van der Waals surface area contributed by atoms with Gasteiger partial charge in [0, 0.05) is 18.8 Å². The lowest BCUT2D eigenvalue weighted by Crippen LogP contribution is -2.37. The zero-order valence-corrected chi connectivity index (χ0v) is 10.6. The summed E-state index contributed by atoms with van der Waals surface area (Å²) in [5.74, 6) is 0.622.